The van der Waals surface area contributed by atoms with Gasteiger partial charge < -0.3 is 10.1 Å². The standard InChI is InChI=1S/C11H15N3O3/c1-8(12-2)11(13-3)17-10-7-5-4-6-9(10)14(15)16/h4-8,12H,1-3H3. The minimum atomic E-state index is -0.480. The molecule has 0 aromatic heterocycles. The number of nitro groups is 1. The number of nitro benzene ring substituents is 1. The number of rotatable bonds is 4. The number of nitrogens with one attached hydrogen (secondary N) is 1. The Morgan fingerprint density at radius 1 is 1.53 bits per heavy atom. The lowest BCUT2D eigenvalue weighted by atomic mass is 10.3. The van der Waals surface area contributed by atoms with Crippen molar-refractivity contribution in [2.24, 2.45) is 4.99 Å². The van der Waals surface area contributed by atoms with E-state index in [0.29, 0.717) is 5.90 Å². The Balaban J connectivity index is 2.98. The van der Waals surface area contributed by atoms with Crippen molar-refractivity contribution in [2.45, 2.75) is 13.0 Å². The van der Waals surface area contributed by atoms with Gasteiger partial charge in [-0.3, -0.25) is 15.1 Å². The Morgan fingerprint density at radius 3 is 2.71 bits per heavy atom. The zero-order valence-electron chi connectivity index (χ0n) is 10.0. The van der Waals surface area contributed by atoms with Gasteiger partial charge in [0, 0.05) is 13.1 Å². The summed E-state index contributed by atoms with van der Waals surface area (Å²) in [7, 11) is 3.34. The van der Waals surface area contributed by atoms with Crippen molar-refractivity contribution in [3.63, 3.8) is 0 Å². The quantitative estimate of drug-likeness (QED) is 0.373. The summed E-state index contributed by atoms with van der Waals surface area (Å²) in [6.07, 6.45) is 0. The van der Waals surface area contributed by atoms with Crippen LogP contribution >= 0.6 is 0 Å². The van der Waals surface area contributed by atoms with Crippen molar-refractivity contribution in [1.82, 2.24) is 5.32 Å². The van der Waals surface area contributed by atoms with E-state index in [9.17, 15) is 10.1 Å². The minimum Gasteiger partial charge on any atom is -0.434 e. The number of hydrogen-bond acceptors (Lipinski definition) is 5. The van der Waals surface area contributed by atoms with Crippen molar-refractivity contribution < 1.29 is 9.66 Å². The van der Waals surface area contributed by atoms with Crippen LogP contribution in [0, 0.1) is 10.1 Å². The molecule has 1 aromatic carbocycles. The molecule has 0 spiro atoms. The average molecular weight is 237 g/mol. The SMILES string of the molecule is CN=C(Oc1ccccc1[N+](=O)[O-])C(C)NC. The van der Waals surface area contributed by atoms with Crippen LogP contribution in [0.4, 0.5) is 5.69 Å². The van der Waals surface area contributed by atoms with Crippen LogP contribution in [0.1, 0.15) is 6.92 Å². The Morgan fingerprint density at radius 2 is 2.18 bits per heavy atom. The largest absolute Gasteiger partial charge is 0.434 e. The summed E-state index contributed by atoms with van der Waals surface area (Å²) in [6.45, 7) is 1.86. The van der Waals surface area contributed by atoms with Gasteiger partial charge in [-0.15, -0.1) is 0 Å². The Bertz CT molecular complexity index is 432. The van der Waals surface area contributed by atoms with Crippen molar-refractivity contribution in [2.75, 3.05) is 14.1 Å². The fourth-order valence-electron chi connectivity index (χ4n) is 1.26. The number of para-hydroxylation sites is 2. The molecule has 1 rings (SSSR count). The number of nitrogens with zero attached hydrogens (tertiary/aromatic N) is 2. The van der Waals surface area contributed by atoms with Crippen LogP contribution < -0.4 is 10.1 Å². The predicted octanol–water partition coefficient (Wildman–Crippen LogP) is 1.61. The summed E-state index contributed by atoms with van der Waals surface area (Å²) >= 11 is 0. The summed E-state index contributed by atoms with van der Waals surface area (Å²) in [5.74, 6) is 0.599. The van der Waals surface area contributed by atoms with Gasteiger partial charge in [0.1, 0.15) is 0 Å². The van der Waals surface area contributed by atoms with Crippen molar-refractivity contribution in [3.8, 4) is 5.75 Å². The van der Waals surface area contributed by atoms with E-state index in [-0.39, 0.29) is 17.5 Å². The van der Waals surface area contributed by atoms with Gasteiger partial charge in [-0.05, 0) is 20.0 Å². The number of hydrogen-bond donors (Lipinski definition) is 1. The minimum absolute atomic E-state index is 0.0723. The third-order valence-electron chi connectivity index (χ3n) is 2.30. The molecule has 1 aromatic rings. The van der Waals surface area contributed by atoms with Crippen LogP contribution in [0.15, 0.2) is 29.3 Å². The van der Waals surface area contributed by atoms with Crippen molar-refractivity contribution in [3.05, 3.63) is 34.4 Å². The first kappa shape index (κ1) is 13.1. The van der Waals surface area contributed by atoms with Crippen LogP contribution in [-0.4, -0.2) is 31.0 Å². The van der Waals surface area contributed by atoms with E-state index in [4.69, 9.17) is 4.74 Å². The molecule has 17 heavy (non-hydrogen) atoms. The lowest BCUT2D eigenvalue weighted by molar-refractivity contribution is -0.385. The van der Waals surface area contributed by atoms with Crippen LogP contribution in [0.2, 0.25) is 0 Å². The normalized spacial score (nSPS) is 13.2. The van der Waals surface area contributed by atoms with Crippen LogP contribution in [-0.2, 0) is 0 Å². The number of aliphatic imine (C=N–C) groups is 1. The predicted molar refractivity (Wildman–Crippen MR) is 65.6 cm³/mol. The molecule has 0 saturated heterocycles. The summed E-state index contributed by atoms with van der Waals surface area (Å²) in [5.41, 5.74) is -0.0723. The maximum Gasteiger partial charge on any atom is 0.311 e. The van der Waals surface area contributed by atoms with Gasteiger partial charge in [-0.25, -0.2) is 0 Å². The van der Waals surface area contributed by atoms with E-state index in [2.05, 4.69) is 10.3 Å². The lowest BCUT2D eigenvalue weighted by Crippen LogP contribution is -2.34. The summed E-state index contributed by atoms with van der Waals surface area (Å²) < 4.78 is 5.45. The molecule has 0 amide bonds. The van der Waals surface area contributed by atoms with Gasteiger partial charge in [0.2, 0.25) is 11.6 Å². The molecule has 1 N–H and O–H groups in total. The number of likely N-dealkylation sites (N-methyl/N-ethyl adjacent to an activating group) is 1. The van der Waals surface area contributed by atoms with E-state index in [1.54, 1.807) is 32.3 Å². The number of benzene rings is 1. The molecule has 1 atom stereocenters. The van der Waals surface area contributed by atoms with Crippen LogP contribution in [0.25, 0.3) is 0 Å². The van der Waals surface area contributed by atoms with Crippen LogP contribution in [0.3, 0.4) is 0 Å². The van der Waals surface area contributed by atoms with Gasteiger partial charge in [-0.1, -0.05) is 12.1 Å². The maximum atomic E-state index is 10.8. The zero-order valence-corrected chi connectivity index (χ0v) is 10.0. The zero-order chi connectivity index (χ0) is 12.8. The molecule has 1 unspecified atom stereocenters. The molecule has 0 aliphatic heterocycles. The van der Waals surface area contributed by atoms with Gasteiger partial charge >= 0.3 is 5.69 Å². The molecule has 0 heterocycles. The Hall–Kier alpha value is -1.95. The topological polar surface area (TPSA) is 76.8 Å². The van der Waals surface area contributed by atoms with Crippen LogP contribution in [0.5, 0.6) is 5.75 Å². The molecule has 0 aliphatic carbocycles. The smallest absolute Gasteiger partial charge is 0.311 e. The first-order chi connectivity index (χ1) is 8.10. The highest BCUT2D eigenvalue weighted by Crippen LogP contribution is 2.26. The summed E-state index contributed by atoms with van der Waals surface area (Å²) in [6, 6.07) is 6.10. The second-order valence-corrected chi connectivity index (χ2v) is 3.40. The molecular weight excluding hydrogens is 222 g/mol. The summed E-state index contributed by atoms with van der Waals surface area (Å²) in [4.78, 5) is 14.3. The Labute approximate surface area is 99.5 Å². The monoisotopic (exact) mass is 237 g/mol. The molecule has 0 fully saturated rings. The highest BCUT2D eigenvalue weighted by Gasteiger charge is 2.18. The first-order valence-electron chi connectivity index (χ1n) is 5.15. The van der Waals surface area contributed by atoms with Gasteiger partial charge in [0.25, 0.3) is 0 Å². The molecule has 0 aliphatic rings. The average Bonchev–Trinajstić information content (AvgIpc) is 2.35. The van der Waals surface area contributed by atoms with Crippen molar-refractivity contribution >= 4 is 11.6 Å². The third kappa shape index (κ3) is 3.25. The van der Waals surface area contributed by atoms with E-state index in [1.807, 2.05) is 6.92 Å². The molecular formula is C11H15N3O3. The van der Waals surface area contributed by atoms with Crippen molar-refractivity contribution in [1.29, 1.82) is 0 Å². The third-order valence-corrected chi connectivity index (χ3v) is 2.30. The first-order valence-corrected chi connectivity index (χ1v) is 5.15. The molecule has 0 radical (unpaired) electrons. The second-order valence-electron chi connectivity index (χ2n) is 3.40. The molecule has 6 nitrogen and oxygen atoms in total. The number of ether oxygens (including phenoxy) is 1. The van der Waals surface area contributed by atoms with Gasteiger partial charge in [0.15, 0.2) is 0 Å². The maximum absolute atomic E-state index is 10.8. The Kier molecular flexibility index (Phi) is 4.59. The van der Waals surface area contributed by atoms with E-state index in [1.165, 1.54) is 6.07 Å². The molecule has 92 valence electrons. The molecule has 6 heteroatoms. The second kappa shape index (κ2) is 5.95. The highest BCUT2D eigenvalue weighted by molar-refractivity contribution is 5.84. The lowest BCUT2D eigenvalue weighted by Gasteiger charge is -2.14. The fourth-order valence-corrected chi connectivity index (χ4v) is 1.26. The summed E-state index contributed by atoms with van der Waals surface area (Å²) in [5, 5.41) is 13.8. The highest BCUT2D eigenvalue weighted by atomic mass is 16.6. The van der Waals surface area contributed by atoms with E-state index in [0.717, 1.165) is 0 Å². The molecule has 0 saturated carbocycles. The van der Waals surface area contributed by atoms with E-state index < -0.39 is 4.92 Å². The van der Waals surface area contributed by atoms with Gasteiger partial charge in [-0.2, -0.15) is 0 Å². The fraction of sp³-hybridized carbons (Fsp3) is 0.364. The van der Waals surface area contributed by atoms with E-state index >= 15 is 0 Å². The van der Waals surface area contributed by atoms with Gasteiger partial charge in [0.05, 0.1) is 11.0 Å². The molecule has 0 bridgehead atoms.